The molecule has 0 aliphatic rings. The van der Waals surface area contributed by atoms with Crippen LogP contribution in [0.3, 0.4) is 0 Å². The van der Waals surface area contributed by atoms with Gasteiger partial charge in [-0.3, -0.25) is 0 Å². The van der Waals surface area contributed by atoms with Crippen LogP contribution in [0.4, 0.5) is 0 Å². The van der Waals surface area contributed by atoms with E-state index >= 15 is 0 Å². The largest absolute Gasteiger partial charge is 0.0906 e. The van der Waals surface area contributed by atoms with E-state index in [0.717, 1.165) is 15.8 Å². The zero-order valence-corrected chi connectivity index (χ0v) is 10.9. The fourth-order valence-electron chi connectivity index (χ4n) is 1.56. The van der Waals surface area contributed by atoms with Gasteiger partial charge in [-0.1, -0.05) is 66.4 Å². The Morgan fingerprint density at radius 2 is 1.33 bits per heavy atom. The van der Waals surface area contributed by atoms with Gasteiger partial charge < -0.3 is 0 Å². The van der Waals surface area contributed by atoms with Gasteiger partial charge in [-0.2, -0.15) is 0 Å². The number of hydrogen-bond acceptors (Lipinski definition) is 0. The smallest absolute Gasteiger partial charge is 0.0384 e. The summed E-state index contributed by atoms with van der Waals surface area (Å²) in [5.41, 5.74) is 3.50. The second kappa shape index (κ2) is 4.28. The van der Waals surface area contributed by atoms with E-state index in [-0.39, 0.29) is 0 Å². The van der Waals surface area contributed by atoms with Crippen LogP contribution in [0.5, 0.6) is 0 Å². The summed E-state index contributed by atoms with van der Waals surface area (Å²) in [7, 11) is 1.11. The molecule has 74 valence electrons. The van der Waals surface area contributed by atoms with Crippen molar-refractivity contribution in [2.75, 3.05) is 0 Å². The van der Waals surface area contributed by atoms with Gasteiger partial charge in [0.2, 0.25) is 0 Å². The second-order valence-corrected chi connectivity index (χ2v) is 4.87. The number of hydrogen-bond donors (Lipinski definition) is 0. The van der Waals surface area contributed by atoms with Gasteiger partial charge >= 0.3 is 0 Å². The van der Waals surface area contributed by atoms with E-state index in [1.54, 1.807) is 0 Å². The molecule has 0 saturated carbocycles. The molecule has 0 heterocycles. The first-order chi connectivity index (χ1) is 7.27. The van der Waals surface area contributed by atoms with E-state index in [0.29, 0.717) is 0 Å². The molecule has 0 fully saturated rings. The molecule has 0 aliphatic carbocycles. The molecule has 2 aromatic rings. The third kappa shape index (κ3) is 2.25. The highest BCUT2D eigenvalue weighted by atomic mass is 28.1. The summed E-state index contributed by atoms with van der Waals surface area (Å²) >= 11 is 0. The quantitative estimate of drug-likeness (QED) is 0.662. The molecule has 0 saturated heterocycles. The third-order valence-electron chi connectivity index (χ3n) is 2.52. The number of benzene rings is 2. The molecule has 0 amide bonds. The van der Waals surface area contributed by atoms with E-state index in [9.17, 15) is 0 Å². The molecule has 2 rings (SSSR count). The molecule has 0 spiro atoms. The summed E-state index contributed by atoms with van der Waals surface area (Å²) in [6, 6.07) is 19.0. The van der Waals surface area contributed by atoms with Crippen LogP contribution in [0.1, 0.15) is 11.1 Å². The van der Waals surface area contributed by atoms with Crippen molar-refractivity contribution in [3.8, 4) is 0 Å². The standard InChI is InChI=1S/C14H14Si/c1-11(12-5-3-2-4-6-12)13-7-9-14(15)10-8-13/h2-10H,1H2,15H3. The molecule has 0 radical (unpaired) electrons. The van der Waals surface area contributed by atoms with Gasteiger partial charge in [-0.15, -0.1) is 0 Å². The minimum absolute atomic E-state index is 1.09. The van der Waals surface area contributed by atoms with Crippen LogP contribution < -0.4 is 5.19 Å². The van der Waals surface area contributed by atoms with Crippen LogP contribution in [0.15, 0.2) is 61.2 Å². The van der Waals surface area contributed by atoms with Gasteiger partial charge in [0.05, 0.1) is 0 Å². The number of rotatable bonds is 2. The van der Waals surface area contributed by atoms with Gasteiger partial charge in [0.25, 0.3) is 0 Å². The molecule has 0 aromatic heterocycles. The third-order valence-corrected chi connectivity index (χ3v) is 3.19. The molecule has 0 aliphatic heterocycles. The van der Waals surface area contributed by atoms with Crippen LogP contribution in [0.2, 0.25) is 0 Å². The highest BCUT2D eigenvalue weighted by Crippen LogP contribution is 2.19. The van der Waals surface area contributed by atoms with Crippen molar-refractivity contribution >= 4 is 21.0 Å². The predicted octanol–water partition coefficient (Wildman–Crippen LogP) is 1.74. The van der Waals surface area contributed by atoms with Gasteiger partial charge in [-0.25, -0.2) is 0 Å². The van der Waals surface area contributed by atoms with Crippen molar-refractivity contribution in [3.63, 3.8) is 0 Å². The normalized spacial score (nSPS) is 10.1. The van der Waals surface area contributed by atoms with Crippen LogP contribution in [0, 0.1) is 0 Å². The van der Waals surface area contributed by atoms with Crippen LogP contribution in [-0.4, -0.2) is 10.2 Å². The summed E-state index contributed by atoms with van der Waals surface area (Å²) in [6.07, 6.45) is 0. The SMILES string of the molecule is C=C(c1ccccc1)c1ccc([SiH3])cc1. The zero-order chi connectivity index (χ0) is 10.7. The monoisotopic (exact) mass is 210 g/mol. The molecule has 0 N–H and O–H groups in total. The van der Waals surface area contributed by atoms with Gasteiger partial charge in [0, 0.05) is 10.2 Å². The van der Waals surface area contributed by atoms with Crippen LogP contribution in [-0.2, 0) is 0 Å². The van der Waals surface area contributed by atoms with Crippen molar-refractivity contribution in [2.45, 2.75) is 0 Å². The molecule has 2 aromatic carbocycles. The Bertz CT molecular complexity index is 454. The van der Waals surface area contributed by atoms with E-state index in [4.69, 9.17) is 0 Å². The lowest BCUT2D eigenvalue weighted by Gasteiger charge is -2.06. The van der Waals surface area contributed by atoms with E-state index in [1.165, 1.54) is 16.3 Å². The highest BCUT2D eigenvalue weighted by molar-refractivity contribution is 6.32. The summed E-state index contributed by atoms with van der Waals surface area (Å²) < 4.78 is 0. The average molecular weight is 210 g/mol. The van der Waals surface area contributed by atoms with Gasteiger partial charge in [-0.05, 0) is 16.7 Å². The maximum absolute atomic E-state index is 4.14. The molecule has 0 bridgehead atoms. The van der Waals surface area contributed by atoms with Crippen LogP contribution >= 0.6 is 0 Å². The van der Waals surface area contributed by atoms with Crippen molar-refractivity contribution in [2.24, 2.45) is 0 Å². The van der Waals surface area contributed by atoms with Crippen molar-refractivity contribution in [1.82, 2.24) is 0 Å². The summed E-state index contributed by atoms with van der Waals surface area (Å²) in [5, 5.41) is 1.42. The lowest BCUT2D eigenvalue weighted by molar-refractivity contribution is 1.57. The molecule has 0 atom stereocenters. The molecule has 0 unspecified atom stereocenters. The predicted molar refractivity (Wildman–Crippen MR) is 70.6 cm³/mol. The molecule has 1 heteroatoms. The highest BCUT2D eigenvalue weighted by Gasteiger charge is 2.00. The first-order valence-corrected chi connectivity index (χ1v) is 6.09. The Hall–Kier alpha value is -1.60. The molecular formula is C14H14Si. The van der Waals surface area contributed by atoms with Crippen LogP contribution in [0.25, 0.3) is 5.57 Å². The second-order valence-electron chi connectivity index (χ2n) is 3.71. The van der Waals surface area contributed by atoms with Crippen molar-refractivity contribution in [1.29, 1.82) is 0 Å². The average Bonchev–Trinajstić information content (AvgIpc) is 2.30. The maximum Gasteiger partial charge on any atom is 0.0384 e. The minimum Gasteiger partial charge on any atom is -0.0906 e. The fraction of sp³-hybridized carbons (Fsp3) is 0. The van der Waals surface area contributed by atoms with Gasteiger partial charge in [0.1, 0.15) is 0 Å². The molecule has 0 nitrogen and oxygen atoms in total. The molecule has 15 heavy (non-hydrogen) atoms. The maximum atomic E-state index is 4.14. The Balaban J connectivity index is 2.33. The lowest BCUT2D eigenvalue weighted by Crippen LogP contribution is -2.00. The minimum atomic E-state index is 1.09. The van der Waals surface area contributed by atoms with Gasteiger partial charge in [0.15, 0.2) is 0 Å². The molecular weight excluding hydrogens is 196 g/mol. The van der Waals surface area contributed by atoms with E-state index in [2.05, 4.69) is 43.0 Å². The first kappa shape index (κ1) is 9.93. The van der Waals surface area contributed by atoms with E-state index in [1.807, 2.05) is 18.2 Å². The zero-order valence-electron chi connectivity index (χ0n) is 8.90. The van der Waals surface area contributed by atoms with E-state index < -0.39 is 0 Å². The Morgan fingerprint density at radius 1 is 0.800 bits per heavy atom. The Kier molecular flexibility index (Phi) is 2.83. The van der Waals surface area contributed by atoms with Crippen molar-refractivity contribution < 1.29 is 0 Å². The summed E-state index contributed by atoms with van der Waals surface area (Å²) in [6.45, 7) is 4.14. The first-order valence-electron chi connectivity index (χ1n) is 5.09. The fourth-order valence-corrected chi connectivity index (χ4v) is 1.89. The lowest BCUT2D eigenvalue weighted by atomic mass is 10.00. The Labute approximate surface area is 93.7 Å². The Morgan fingerprint density at radius 3 is 1.93 bits per heavy atom. The van der Waals surface area contributed by atoms with Crippen molar-refractivity contribution in [3.05, 3.63) is 72.3 Å². The summed E-state index contributed by atoms with van der Waals surface area (Å²) in [5.74, 6) is 0. The summed E-state index contributed by atoms with van der Waals surface area (Å²) in [4.78, 5) is 0. The topological polar surface area (TPSA) is 0 Å².